The van der Waals surface area contributed by atoms with Gasteiger partial charge >= 0.3 is 0 Å². The predicted molar refractivity (Wildman–Crippen MR) is 163 cm³/mol. The quantitative estimate of drug-likeness (QED) is 0.108. The number of alkyl halides is 2. The number of unbranched alkanes of at least 4 members (excludes halogenated alkanes) is 10. The first kappa shape index (κ1) is 32.9. The van der Waals surface area contributed by atoms with Gasteiger partial charge in [0, 0.05) is 31.5 Å². The molecular formula is C35H52F3N3O. The maximum atomic E-state index is 15.4. The van der Waals surface area contributed by atoms with Gasteiger partial charge in [-0.15, -0.1) is 0 Å². The average molecular weight is 588 g/mol. The molecule has 0 amide bonds. The van der Waals surface area contributed by atoms with Gasteiger partial charge in [-0.1, -0.05) is 90.4 Å². The molecule has 42 heavy (non-hydrogen) atoms. The van der Waals surface area contributed by atoms with Gasteiger partial charge in [-0.3, -0.25) is 0 Å². The monoisotopic (exact) mass is 587 g/mol. The van der Waals surface area contributed by atoms with Crippen molar-refractivity contribution in [2.45, 2.75) is 141 Å². The number of nitrogens with zero attached hydrogens (tertiary/aromatic N) is 3. The summed E-state index contributed by atoms with van der Waals surface area (Å²) in [5, 5.41) is 0. The molecule has 1 unspecified atom stereocenters. The molecule has 4 rings (SSSR count). The number of ether oxygens (including phenoxy) is 1. The minimum Gasteiger partial charge on any atom is -0.381 e. The van der Waals surface area contributed by atoms with E-state index in [0.29, 0.717) is 37.9 Å². The largest absolute Gasteiger partial charge is 0.381 e. The van der Waals surface area contributed by atoms with Crippen molar-refractivity contribution in [3.63, 3.8) is 0 Å². The first-order valence-corrected chi connectivity index (χ1v) is 17.0. The molecule has 7 heteroatoms. The summed E-state index contributed by atoms with van der Waals surface area (Å²) in [5.74, 6) is -3.83. The number of halogens is 3. The molecule has 4 nitrogen and oxygen atoms in total. The summed E-state index contributed by atoms with van der Waals surface area (Å²) in [6.45, 7) is 3.61. The van der Waals surface area contributed by atoms with E-state index in [2.05, 4.69) is 21.9 Å². The van der Waals surface area contributed by atoms with Gasteiger partial charge in [-0.25, -0.2) is 23.7 Å². The van der Waals surface area contributed by atoms with Crippen molar-refractivity contribution >= 4 is 0 Å². The first-order valence-electron chi connectivity index (χ1n) is 17.0. The summed E-state index contributed by atoms with van der Waals surface area (Å²) in [6.07, 6.45) is 24.8. The Balaban J connectivity index is 1.19. The molecule has 1 fully saturated rings. The number of pyridine rings is 1. The molecule has 2 heterocycles. The Morgan fingerprint density at radius 1 is 0.810 bits per heavy atom. The van der Waals surface area contributed by atoms with Crippen molar-refractivity contribution in [1.82, 2.24) is 15.0 Å². The molecule has 0 saturated heterocycles. The smallest absolute Gasteiger partial charge is 0.280 e. The van der Waals surface area contributed by atoms with Crippen LogP contribution in [0, 0.1) is 17.8 Å². The van der Waals surface area contributed by atoms with Crippen molar-refractivity contribution in [3.05, 3.63) is 41.1 Å². The Morgan fingerprint density at radius 2 is 1.45 bits per heavy atom. The summed E-state index contributed by atoms with van der Waals surface area (Å²) in [7, 11) is 0. The lowest BCUT2D eigenvalue weighted by Crippen LogP contribution is -2.33. The van der Waals surface area contributed by atoms with Crippen LogP contribution in [0.2, 0.25) is 0 Å². The van der Waals surface area contributed by atoms with Gasteiger partial charge in [0.25, 0.3) is 5.92 Å². The van der Waals surface area contributed by atoms with Crippen LogP contribution < -0.4 is 0 Å². The van der Waals surface area contributed by atoms with E-state index in [4.69, 9.17) is 4.74 Å². The SMILES string of the molecule is CCCCCOCCCCCC1CCc2cc(-c3ncc(CCCCCCCCCC4CC4)cn3)nc(F)c2C1(F)F. The van der Waals surface area contributed by atoms with E-state index in [0.717, 1.165) is 50.2 Å². The van der Waals surface area contributed by atoms with E-state index in [9.17, 15) is 0 Å². The van der Waals surface area contributed by atoms with Gasteiger partial charge in [0.2, 0.25) is 5.95 Å². The standard InChI is InChI=1S/C35H52F3N3O/c1-2-3-13-22-42-23-14-9-12-17-30-21-20-29-24-31(41-33(36)32(29)35(30,37)38)34-39-25-28(26-40-34)16-11-8-6-4-5-7-10-15-27-18-19-27/h24-27,30H,2-23H2,1H3. The normalized spacial score (nSPS) is 17.9. The summed E-state index contributed by atoms with van der Waals surface area (Å²) < 4.78 is 51.5. The molecule has 234 valence electrons. The number of aromatic nitrogens is 3. The molecule has 2 aliphatic carbocycles. The van der Waals surface area contributed by atoms with Gasteiger partial charge in [0.1, 0.15) is 5.69 Å². The Hall–Kier alpha value is -2.02. The molecule has 2 aromatic rings. The number of rotatable bonds is 21. The van der Waals surface area contributed by atoms with Crippen LogP contribution in [0.1, 0.15) is 139 Å². The number of fused-ring (bicyclic) bond motifs is 1. The van der Waals surface area contributed by atoms with Crippen LogP contribution >= 0.6 is 0 Å². The minimum atomic E-state index is -3.22. The highest BCUT2D eigenvalue weighted by atomic mass is 19.3. The highest BCUT2D eigenvalue weighted by Gasteiger charge is 2.47. The number of hydrogen-bond donors (Lipinski definition) is 0. The van der Waals surface area contributed by atoms with E-state index in [1.54, 1.807) is 18.5 Å². The second kappa shape index (κ2) is 17.3. The highest BCUT2D eigenvalue weighted by Crippen LogP contribution is 2.47. The average Bonchev–Trinajstić information content (AvgIpc) is 3.81. The van der Waals surface area contributed by atoms with Crippen molar-refractivity contribution in [3.8, 4) is 11.5 Å². The zero-order valence-electron chi connectivity index (χ0n) is 25.8. The van der Waals surface area contributed by atoms with E-state index < -0.39 is 23.4 Å². The van der Waals surface area contributed by atoms with E-state index in [1.807, 2.05) is 0 Å². The third-order valence-electron chi connectivity index (χ3n) is 9.11. The molecule has 0 spiro atoms. The first-order chi connectivity index (χ1) is 20.5. The molecule has 0 aromatic carbocycles. The number of hydrogen-bond acceptors (Lipinski definition) is 4. The van der Waals surface area contributed by atoms with Crippen molar-refractivity contribution in [2.75, 3.05) is 13.2 Å². The van der Waals surface area contributed by atoms with E-state index >= 15 is 13.2 Å². The topological polar surface area (TPSA) is 47.9 Å². The summed E-state index contributed by atoms with van der Waals surface area (Å²) in [5.41, 5.74) is 1.08. The molecule has 0 radical (unpaired) electrons. The van der Waals surface area contributed by atoms with Crippen LogP contribution in [-0.4, -0.2) is 28.2 Å². The fourth-order valence-electron chi connectivity index (χ4n) is 6.26. The van der Waals surface area contributed by atoms with Crippen LogP contribution in [0.15, 0.2) is 18.5 Å². The van der Waals surface area contributed by atoms with E-state index in [1.165, 1.54) is 70.6 Å². The minimum absolute atomic E-state index is 0.229. The Kier molecular flexibility index (Phi) is 13.6. The van der Waals surface area contributed by atoms with Crippen molar-refractivity contribution in [2.24, 2.45) is 11.8 Å². The summed E-state index contributed by atoms with van der Waals surface area (Å²) in [6, 6.07) is 1.57. The van der Waals surface area contributed by atoms with Crippen LogP contribution in [0.4, 0.5) is 13.2 Å². The maximum Gasteiger partial charge on any atom is 0.280 e. The highest BCUT2D eigenvalue weighted by molar-refractivity contribution is 5.53. The van der Waals surface area contributed by atoms with Gasteiger partial charge in [-0.05, 0) is 68.1 Å². The van der Waals surface area contributed by atoms with E-state index in [-0.39, 0.29) is 11.5 Å². The molecule has 0 bridgehead atoms. The van der Waals surface area contributed by atoms with Gasteiger partial charge in [0.05, 0.1) is 5.56 Å². The predicted octanol–water partition coefficient (Wildman–Crippen LogP) is 10.2. The van der Waals surface area contributed by atoms with Gasteiger partial charge in [0.15, 0.2) is 5.82 Å². The summed E-state index contributed by atoms with van der Waals surface area (Å²) >= 11 is 0. The Bertz CT molecular complexity index is 1060. The van der Waals surface area contributed by atoms with Crippen LogP contribution in [0.5, 0.6) is 0 Å². The maximum absolute atomic E-state index is 15.4. The molecule has 0 aliphatic heterocycles. The number of aryl methyl sites for hydroxylation is 2. The third kappa shape index (κ3) is 10.3. The zero-order chi connectivity index (χ0) is 29.6. The van der Waals surface area contributed by atoms with Crippen LogP contribution in [0.3, 0.4) is 0 Å². The molecule has 1 atom stereocenters. The fourth-order valence-corrected chi connectivity index (χ4v) is 6.26. The Labute approximate surface area is 251 Å². The Morgan fingerprint density at radius 3 is 2.17 bits per heavy atom. The fraction of sp³-hybridized carbons (Fsp3) is 0.743. The molecule has 2 aromatic heterocycles. The second-order valence-electron chi connectivity index (χ2n) is 12.7. The lowest BCUT2D eigenvalue weighted by molar-refractivity contribution is -0.0825. The lowest BCUT2D eigenvalue weighted by Gasteiger charge is -2.33. The van der Waals surface area contributed by atoms with Crippen LogP contribution in [-0.2, 0) is 23.5 Å². The summed E-state index contributed by atoms with van der Waals surface area (Å²) in [4.78, 5) is 12.7. The van der Waals surface area contributed by atoms with Crippen LogP contribution in [0.25, 0.3) is 11.5 Å². The molecular weight excluding hydrogens is 535 g/mol. The molecule has 0 N–H and O–H groups in total. The third-order valence-corrected chi connectivity index (χ3v) is 9.11. The molecule has 2 aliphatic rings. The van der Waals surface area contributed by atoms with Crippen molar-refractivity contribution in [1.29, 1.82) is 0 Å². The van der Waals surface area contributed by atoms with Gasteiger partial charge < -0.3 is 4.74 Å². The van der Waals surface area contributed by atoms with Gasteiger partial charge in [-0.2, -0.15) is 4.39 Å². The second-order valence-corrected chi connectivity index (χ2v) is 12.7. The van der Waals surface area contributed by atoms with Crippen molar-refractivity contribution < 1.29 is 17.9 Å². The lowest BCUT2D eigenvalue weighted by atomic mass is 9.78. The molecule has 1 saturated carbocycles. The zero-order valence-corrected chi connectivity index (χ0v) is 25.8.